The molecule has 1 amide bonds. The van der Waals surface area contributed by atoms with Gasteiger partial charge in [-0.05, 0) is 44.1 Å². The lowest BCUT2D eigenvalue weighted by Gasteiger charge is -2.12. The van der Waals surface area contributed by atoms with E-state index >= 15 is 0 Å². The summed E-state index contributed by atoms with van der Waals surface area (Å²) in [4.78, 5) is 23.9. The maximum Gasteiger partial charge on any atom is 0.220 e. The molecule has 0 saturated heterocycles. The second-order valence-electron chi connectivity index (χ2n) is 6.18. The van der Waals surface area contributed by atoms with Crippen molar-refractivity contribution in [3.63, 3.8) is 0 Å². The highest BCUT2D eigenvalue weighted by Gasteiger charge is 2.10. The first-order chi connectivity index (χ1) is 11.2. The molecular formula is C20H27NO2. The molecule has 1 aromatic rings. The van der Waals surface area contributed by atoms with Gasteiger partial charge in [0.05, 0.1) is 0 Å². The Morgan fingerprint density at radius 1 is 1.09 bits per heavy atom. The number of rotatable bonds is 8. The average Bonchev–Trinajstić information content (AvgIpc) is 2.60. The number of benzene rings is 1. The van der Waals surface area contributed by atoms with Gasteiger partial charge in [-0.1, -0.05) is 42.8 Å². The van der Waals surface area contributed by atoms with Crippen molar-refractivity contribution < 1.29 is 9.59 Å². The van der Waals surface area contributed by atoms with Gasteiger partial charge in [0, 0.05) is 24.9 Å². The van der Waals surface area contributed by atoms with Gasteiger partial charge < -0.3 is 5.32 Å². The number of aryl methyl sites for hydroxylation is 1. The quantitative estimate of drug-likeness (QED) is 0.577. The molecule has 23 heavy (non-hydrogen) atoms. The lowest BCUT2D eigenvalue weighted by molar-refractivity contribution is -0.121. The van der Waals surface area contributed by atoms with E-state index in [1.807, 2.05) is 24.3 Å². The first-order valence-electron chi connectivity index (χ1n) is 8.75. The minimum atomic E-state index is -0.0278. The van der Waals surface area contributed by atoms with Crippen LogP contribution in [0.5, 0.6) is 0 Å². The van der Waals surface area contributed by atoms with E-state index in [0.717, 1.165) is 12.8 Å². The third-order valence-corrected chi connectivity index (χ3v) is 4.42. The van der Waals surface area contributed by atoms with E-state index in [-0.39, 0.29) is 24.5 Å². The van der Waals surface area contributed by atoms with Crippen molar-refractivity contribution in [2.24, 2.45) is 0 Å². The molecule has 0 radical (unpaired) electrons. The molecule has 3 heteroatoms. The summed E-state index contributed by atoms with van der Waals surface area (Å²) in [6.07, 6.45) is 9.66. The van der Waals surface area contributed by atoms with Crippen LogP contribution in [0.3, 0.4) is 0 Å². The van der Waals surface area contributed by atoms with E-state index in [1.165, 1.54) is 36.8 Å². The molecule has 3 nitrogen and oxygen atoms in total. The predicted octanol–water partition coefficient (Wildman–Crippen LogP) is 4.22. The Kier molecular flexibility index (Phi) is 7.05. The summed E-state index contributed by atoms with van der Waals surface area (Å²) in [5.41, 5.74) is 3.38. The highest BCUT2D eigenvalue weighted by molar-refractivity contribution is 5.97. The van der Waals surface area contributed by atoms with Gasteiger partial charge >= 0.3 is 0 Å². The van der Waals surface area contributed by atoms with Crippen LogP contribution in [-0.2, 0) is 11.2 Å². The Labute approximate surface area is 139 Å². The van der Waals surface area contributed by atoms with E-state index in [1.54, 1.807) is 0 Å². The second-order valence-corrected chi connectivity index (χ2v) is 6.18. The summed E-state index contributed by atoms with van der Waals surface area (Å²) < 4.78 is 0. The Morgan fingerprint density at radius 2 is 1.87 bits per heavy atom. The third-order valence-electron chi connectivity index (χ3n) is 4.42. The van der Waals surface area contributed by atoms with Crippen LogP contribution in [0.4, 0.5) is 0 Å². The molecular weight excluding hydrogens is 286 g/mol. The number of Topliss-reactive ketones (excluding diaryl/α,β-unsaturated/α-hetero) is 1. The molecule has 124 valence electrons. The SMILES string of the molecule is CCc1ccc(C(=O)CCC(=O)NCCC2=CCCCC2)cc1. The Balaban J connectivity index is 1.66. The zero-order chi connectivity index (χ0) is 16.5. The molecule has 0 unspecified atom stereocenters. The van der Waals surface area contributed by atoms with Gasteiger partial charge in [-0.25, -0.2) is 0 Å². The number of nitrogens with one attached hydrogen (secondary N) is 1. The Bertz CT molecular complexity index is 558. The van der Waals surface area contributed by atoms with Crippen LogP contribution in [0, 0.1) is 0 Å². The van der Waals surface area contributed by atoms with E-state index in [0.29, 0.717) is 12.1 Å². The van der Waals surface area contributed by atoms with E-state index < -0.39 is 0 Å². The van der Waals surface area contributed by atoms with Crippen molar-refractivity contribution in [3.8, 4) is 0 Å². The molecule has 0 bridgehead atoms. The zero-order valence-electron chi connectivity index (χ0n) is 14.1. The van der Waals surface area contributed by atoms with Gasteiger partial charge in [-0.15, -0.1) is 0 Å². The van der Waals surface area contributed by atoms with Crippen molar-refractivity contribution in [1.29, 1.82) is 0 Å². The highest BCUT2D eigenvalue weighted by Crippen LogP contribution is 2.19. The monoisotopic (exact) mass is 313 g/mol. The standard InChI is InChI=1S/C20H27NO2/c1-2-16-8-10-18(11-9-16)19(22)12-13-20(23)21-15-14-17-6-4-3-5-7-17/h6,8-11H,2-5,7,12-15H2,1H3,(H,21,23). The maximum atomic E-state index is 12.1. The predicted molar refractivity (Wildman–Crippen MR) is 93.6 cm³/mol. The summed E-state index contributed by atoms with van der Waals surface area (Å²) in [7, 11) is 0. The number of carbonyl (C=O) groups is 2. The van der Waals surface area contributed by atoms with Crippen molar-refractivity contribution in [1.82, 2.24) is 5.32 Å². The molecule has 0 fully saturated rings. The van der Waals surface area contributed by atoms with Gasteiger partial charge in [0.1, 0.15) is 0 Å². The van der Waals surface area contributed by atoms with E-state index in [9.17, 15) is 9.59 Å². The number of hydrogen-bond donors (Lipinski definition) is 1. The normalized spacial score (nSPS) is 14.2. The van der Waals surface area contributed by atoms with Gasteiger partial charge in [-0.2, -0.15) is 0 Å². The summed E-state index contributed by atoms with van der Waals surface area (Å²) in [5.74, 6) is 0.0118. The van der Waals surface area contributed by atoms with Gasteiger partial charge in [-0.3, -0.25) is 9.59 Å². The first-order valence-corrected chi connectivity index (χ1v) is 8.75. The van der Waals surface area contributed by atoms with Crippen LogP contribution >= 0.6 is 0 Å². The third kappa shape index (κ3) is 6.01. The number of amides is 1. The Morgan fingerprint density at radius 3 is 2.52 bits per heavy atom. The molecule has 1 aliphatic rings. The highest BCUT2D eigenvalue weighted by atomic mass is 16.2. The molecule has 1 N–H and O–H groups in total. The van der Waals surface area contributed by atoms with Crippen LogP contribution in [0.1, 0.15) is 67.8 Å². The van der Waals surface area contributed by atoms with Gasteiger partial charge in [0.15, 0.2) is 5.78 Å². The van der Waals surface area contributed by atoms with Crippen molar-refractivity contribution in [2.75, 3.05) is 6.54 Å². The fourth-order valence-electron chi connectivity index (χ4n) is 2.88. The summed E-state index contributed by atoms with van der Waals surface area (Å²) in [6, 6.07) is 7.67. The Hall–Kier alpha value is -1.90. The van der Waals surface area contributed by atoms with Crippen molar-refractivity contribution in [2.45, 2.75) is 58.3 Å². The van der Waals surface area contributed by atoms with E-state index in [2.05, 4.69) is 18.3 Å². The second kappa shape index (κ2) is 9.29. The lowest BCUT2D eigenvalue weighted by atomic mass is 9.97. The van der Waals surface area contributed by atoms with E-state index in [4.69, 9.17) is 0 Å². The molecule has 0 saturated carbocycles. The zero-order valence-corrected chi connectivity index (χ0v) is 14.1. The van der Waals surface area contributed by atoms with Crippen LogP contribution in [0.15, 0.2) is 35.9 Å². The molecule has 1 aliphatic carbocycles. The van der Waals surface area contributed by atoms with Crippen LogP contribution < -0.4 is 5.32 Å². The summed E-state index contributed by atoms with van der Waals surface area (Å²) in [5, 5.41) is 2.92. The van der Waals surface area contributed by atoms with Crippen LogP contribution in [0.25, 0.3) is 0 Å². The molecule has 0 spiro atoms. The fraction of sp³-hybridized carbons (Fsp3) is 0.500. The number of carbonyl (C=O) groups excluding carboxylic acids is 2. The number of allylic oxidation sites excluding steroid dienone is 1. The topological polar surface area (TPSA) is 46.2 Å². The van der Waals surface area contributed by atoms with Crippen LogP contribution in [0.2, 0.25) is 0 Å². The van der Waals surface area contributed by atoms with Gasteiger partial charge in [0.25, 0.3) is 0 Å². The van der Waals surface area contributed by atoms with Crippen LogP contribution in [-0.4, -0.2) is 18.2 Å². The molecule has 1 aromatic carbocycles. The molecule has 0 atom stereocenters. The minimum absolute atomic E-state index is 0.0278. The number of hydrogen-bond acceptors (Lipinski definition) is 2. The van der Waals surface area contributed by atoms with Crippen molar-refractivity contribution >= 4 is 11.7 Å². The first kappa shape index (κ1) is 17.5. The smallest absolute Gasteiger partial charge is 0.220 e. The largest absolute Gasteiger partial charge is 0.356 e. The lowest BCUT2D eigenvalue weighted by Crippen LogP contribution is -2.25. The summed E-state index contributed by atoms with van der Waals surface area (Å²) in [6.45, 7) is 2.77. The average molecular weight is 313 g/mol. The number of ketones is 1. The van der Waals surface area contributed by atoms with Crippen molar-refractivity contribution in [3.05, 3.63) is 47.0 Å². The molecule has 0 aliphatic heterocycles. The minimum Gasteiger partial charge on any atom is -0.356 e. The molecule has 0 aromatic heterocycles. The molecule has 2 rings (SSSR count). The maximum absolute atomic E-state index is 12.1. The fourth-order valence-corrected chi connectivity index (χ4v) is 2.88. The molecule has 0 heterocycles. The van der Waals surface area contributed by atoms with Gasteiger partial charge in [0.2, 0.25) is 5.91 Å². The summed E-state index contributed by atoms with van der Waals surface area (Å²) >= 11 is 0.